The summed E-state index contributed by atoms with van der Waals surface area (Å²) in [6.07, 6.45) is 1.16. The normalized spacial score (nSPS) is 18.2. The molecule has 1 heterocycles. The molecule has 1 aliphatic heterocycles. The molecule has 0 bridgehead atoms. The minimum absolute atomic E-state index is 0.109. The third kappa shape index (κ3) is 4.18. The SMILES string of the molecule is CCOC(=O)N[C@H]1CCCN(C(=O)c2ccc(F)cc2)C1. The maximum atomic E-state index is 12.9. The molecule has 0 radical (unpaired) electrons. The lowest BCUT2D eigenvalue weighted by atomic mass is 10.0. The summed E-state index contributed by atoms with van der Waals surface area (Å²) in [6.45, 7) is 3.13. The molecule has 1 saturated heterocycles. The van der Waals surface area contributed by atoms with Gasteiger partial charge in [-0.05, 0) is 44.0 Å². The first kappa shape index (κ1) is 15.3. The quantitative estimate of drug-likeness (QED) is 0.929. The van der Waals surface area contributed by atoms with Crippen LogP contribution in [0.25, 0.3) is 0 Å². The molecule has 1 aliphatic rings. The summed E-state index contributed by atoms with van der Waals surface area (Å²) in [5.41, 5.74) is 0.452. The summed E-state index contributed by atoms with van der Waals surface area (Å²) >= 11 is 0. The molecule has 114 valence electrons. The lowest BCUT2D eigenvalue weighted by Gasteiger charge is -2.33. The number of ether oxygens (including phenoxy) is 1. The van der Waals surface area contributed by atoms with Gasteiger partial charge in [-0.15, -0.1) is 0 Å². The molecule has 1 atom stereocenters. The Kier molecular flexibility index (Phi) is 5.14. The lowest BCUT2D eigenvalue weighted by molar-refractivity contribution is 0.0686. The number of piperidine rings is 1. The van der Waals surface area contributed by atoms with Gasteiger partial charge in [0, 0.05) is 24.7 Å². The molecule has 21 heavy (non-hydrogen) atoms. The number of hydrogen-bond acceptors (Lipinski definition) is 3. The predicted octanol–water partition coefficient (Wildman–Crippen LogP) is 2.18. The largest absolute Gasteiger partial charge is 0.450 e. The Labute approximate surface area is 123 Å². The number of likely N-dealkylation sites (tertiary alicyclic amines) is 1. The number of alkyl carbamates (subject to hydrolysis) is 1. The highest BCUT2D eigenvalue weighted by Gasteiger charge is 2.25. The number of rotatable bonds is 3. The molecule has 0 aromatic heterocycles. The number of nitrogens with one attached hydrogen (secondary N) is 1. The van der Waals surface area contributed by atoms with Crippen molar-refractivity contribution in [2.75, 3.05) is 19.7 Å². The highest BCUT2D eigenvalue weighted by molar-refractivity contribution is 5.94. The maximum Gasteiger partial charge on any atom is 0.407 e. The van der Waals surface area contributed by atoms with E-state index in [0.717, 1.165) is 12.8 Å². The van der Waals surface area contributed by atoms with Gasteiger partial charge in [0.2, 0.25) is 0 Å². The summed E-state index contributed by atoms with van der Waals surface area (Å²) in [5, 5.41) is 2.75. The number of carbonyl (C=O) groups is 2. The van der Waals surface area contributed by atoms with Gasteiger partial charge >= 0.3 is 6.09 Å². The number of carbonyl (C=O) groups excluding carboxylic acids is 2. The van der Waals surface area contributed by atoms with Crippen LogP contribution < -0.4 is 5.32 Å². The molecule has 6 heteroatoms. The zero-order chi connectivity index (χ0) is 15.2. The third-order valence-electron chi connectivity index (χ3n) is 3.40. The molecule has 2 amide bonds. The number of halogens is 1. The van der Waals surface area contributed by atoms with E-state index in [4.69, 9.17) is 4.74 Å². The standard InChI is InChI=1S/C15H19FN2O3/c1-2-21-15(20)17-13-4-3-9-18(10-13)14(19)11-5-7-12(16)8-6-11/h5-8,13H,2-4,9-10H2,1H3,(H,17,20)/t13-/m0/s1. The van der Waals surface area contributed by atoms with Crippen LogP contribution in [0.5, 0.6) is 0 Å². The number of hydrogen-bond donors (Lipinski definition) is 1. The molecule has 0 saturated carbocycles. The van der Waals surface area contributed by atoms with E-state index in [1.54, 1.807) is 11.8 Å². The van der Waals surface area contributed by atoms with Crippen LogP contribution in [0.2, 0.25) is 0 Å². The maximum absolute atomic E-state index is 12.9. The van der Waals surface area contributed by atoms with Crippen LogP contribution in [0.1, 0.15) is 30.1 Å². The number of benzene rings is 1. The van der Waals surface area contributed by atoms with Crippen molar-refractivity contribution < 1.29 is 18.7 Å². The smallest absolute Gasteiger partial charge is 0.407 e. The van der Waals surface area contributed by atoms with E-state index in [1.807, 2.05) is 0 Å². The van der Waals surface area contributed by atoms with Gasteiger partial charge in [-0.3, -0.25) is 4.79 Å². The first-order valence-electron chi connectivity index (χ1n) is 7.08. The second kappa shape index (κ2) is 7.06. The monoisotopic (exact) mass is 294 g/mol. The van der Waals surface area contributed by atoms with Gasteiger partial charge in [-0.25, -0.2) is 9.18 Å². The van der Waals surface area contributed by atoms with Crippen molar-refractivity contribution in [1.82, 2.24) is 10.2 Å². The third-order valence-corrected chi connectivity index (χ3v) is 3.40. The molecule has 0 unspecified atom stereocenters. The highest BCUT2D eigenvalue weighted by atomic mass is 19.1. The van der Waals surface area contributed by atoms with Gasteiger partial charge in [-0.1, -0.05) is 0 Å². The van der Waals surface area contributed by atoms with E-state index < -0.39 is 6.09 Å². The van der Waals surface area contributed by atoms with Gasteiger partial charge in [0.05, 0.1) is 6.61 Å². The van der Waals surface area contributed by atoms with E-state index >= 15 is 0 Å². The summed E-state index contributed by atoms with van der Waals surface area (Å²) in [6, 6.07) is 5.37. The Morgan fingerprint density at radius 2 is 2.10 bits per heavy atom. The Balaban J connectivity index is 1.95. The van der Waals surface area contributed by atoms with Gasteiger partial charge in [-0.2, -0.15) is 0 Å². The Morgan fingerprint density at radius 1 is 1.38 bits per heavy atom. The average Bonchev–Trinajstić information content (AvgIpc) is 2.48. The summed E-state index contributed by atoms with van der Waals surface area (Å²) in [7, 11) is 0. The first-order chi connectivity index (χ1) is 10.1. The van der Waals surface area contributed by atoms with Crippen LogP contribution in [-0.2, 0) is 4.74 Å². The van der Waals surface area contributed by atoms with Crippen molar-refractivity contribution in [1.29, 1.82) is 0 Å². The van der Waals surface area contributed by atoms with E-state index in [2.05, 4.69) is 5.32 Å². The number of amides is 2. The minimum Gasteiger partial charge on any atom is -0.450 e. The summed E-state index contributed by atoms with van der Waals surface area (Å²) < 4.78 is 17.7. The van der Waals surface area contributed by atoms with Gasteiger partial charge in [0.15, 0.2) is 0 Å². The fraction of sp³-hybridized carbons (Fsp3) is 0.467. The van der Waals surface area contributed by atoms with Crippen LogP contribution in [-0.4, -0.2) is 42.6 Å². The minimum atomic E-state index is -0.460. The predicted molar refractivity (Wildman–Crippen MR) is 75.5 cm³/mol. The molecule has 0 spiro atoms. The van der Waals surface area contributed by atoms with Crippen molar-refractivity contribution >= 4 is 12.0 Å². The second-order valence-corrected chi connectivity index (χ2v) is 4.96. The van der Waals surface area contributed by atoms with Gasteiger partial charge in [0.1, 0.15) is 5.82 Å². The molecule has 1 fully saturated rings. The molecule has 5 nitrogen and oxygen atoms in total. The zero-order valence-electron chi connectivity index (χ0n) is 12.0. The molecule has 2 rings (SSSR count). The Bertz CT molecular complexity index is 504. The van der Waals surface area contributed by atoms with Crippen molar-refractivity contribution in [2.24, 2.45) is 0 Å². The number of nitrogens with zero attached hydrogens (tertiary/aromatic N) is 1. The fourth-order valence-electron chi connectivity index (χ4n) is 2.39. The molecule has 1 aromatic rings. The van der Waals surface area contributed by atoms with E-state index in [1.165, 1.54) is 24.3 Å². The van der Waals surface area contributed by atoms with Crippen LogP contribution in [0.3, 0.4) is 0 Å². The average molecular weight is 294 g/mol. The van der Waals surface area contributed by atoms with Crippen LogP contribution in [0, 0.1) is 5.82 Å². The molecular formula is C15H19FN2O3. The van der Waals surface area contributed by atoms with Crippen LogP contribution >= 0.6 is 0 Å². The molecule has 0 aliphatic carbocycles. The Hall–Kier alpha value is -2.11. The Morgan fingerprint density at radius 3 is 2.76 bits per heavy atom. The van der Waals surface area contributed by atoms with Crippen LogP contribution in [0.15, 0.2) is 24.3 Å². The van der Waals surface area contributed by atoms with Crippen LogP contribution in [0.4, 0.5) is 9.18 Å². The van der Waals surface area contributed by atoms with E-state index in [9.17, 15) is 14.0 Å². The zero-order valence-corrected chi connectivity index (χ0v) is 12.0. The highest BCUT2D eigenvalue weighted by Crippen LogP contribution is 2.14. The van der Waals surface area contributed by atoms with Gasteiger partial charge in [0.25, 0.3) is 5.91 Å². The topological polar surface area (TPSA) is 58.6 Å². The lowest BCUT2D eigenvalue weighted by Crippen LogP contribution is -2.49. The molecular weight excluding hydrogens is 275 g/mol. The molecule has 1 aromatic carbocycles. The summed E-state index contributed by atoms with van der Waals surface area (Å²) in [5.74, 6) is -0.516. The van der Waals surface area contributed by atoms with Gasteiger partial charge < -0.3 is 15.0 Å². The van der Waals surface area contributed by atoms with Crippen molar-refractivity contribution in [2.45, 2.75) is 25.8 Å². The van der Waals surface area contributed by atoms with Crippen molar-refractivity contribution in [3.05, 3.63) is 35.6 Å². The van der Waals surface area contributed by atoms with Crippen molar-refractivity contribution in [3.8, 4) is 0 Å². The summed E-state index contributed by atoms with van der Waals surface area (Å²) in [4.78, 5) is 25.4. The van der Waals surface area contributed by atoms with E-state index in [0.29, 0.717) is 25.3 Å². The first-order valence-corrected chi connectivity index (χ1v) is 7.08. The van der Waals surface area contributed by atoms with Crippen molar-refractivity contribution in [3.63, 3.8) is 0 Å². The van der Waals surface area contributed by atoms with E-state index in [-0.39, 0.29) is 17.8 Å². The second-order valence-electron chi connectivity index (χ2n) is 4.96. The molecule has 1 N–H and O–H groups in total. The fourth-order valence-corrected chi connectivity index (χ4v) is 2.39.